The van der Waals surface area contributed by atoms with Crippen LogP contribution in [-0.4, -0.2) is 51.7 Å². The Morgan fingerprint density at radius 3 is 2.52 bits per heavy atom. The maximum Gasteiger partial charge on any atom is 0.242 e. The summed E-state index contributed by atoms with van der Waals surface area (Å²) in [7, 11) is 1.73. The second-order valence-electron chi connectivity index (χ2n) is 15.3. The Balaban J connectivity index is 1.15. The minimum atomic E-state index is -1.29. The number of nitrogens with zero attached hydrogens (tertiary/aromatic N) is 4. The molecular weight excluding hydrogens is 748 g/mol. The Morgan fingerprint density at radius 1 is 1.00 bits per heavy atom. The zero-order valence-electron chi connectivity index (χ0n) is 31.1. The van der Waals surface area contributed by atoms with Crippen LogP contribution >= 0.6 is 22.9 Å². The molecule has 0 bridgehead atoms. The third kappa shape index (κ3) is 5.20. The molecule has 9 rings (SSSR count). The van der Waals surface area contributed by atoms with Crippen LogP contribution in [0.5, 0.6) is 5.75 Å². The van der Waals surface area contributed by atoms with Crippen molar-refractivity contribution in [1.29, 1.82) is 0 Å². The number of halogens is 1. The summed E-state index contributed by atoms with van der Waals surface area (Å²) in [5, 5.41) is 16.2. The second kappa shape index (κ2) is 13.4. The van der Waals surface area contributed by atoms with Crippen molar-refractivity contribution in [2.45, 2.75) is 32.6 Å². The Bertz CT molecular complexity index is 2540. The summed E-state index contributed by atoms with van der Waals surface area (Å²) in [6, 6.07) is 22.1. The lowest BCUT2D eigenvalue weighted by molar-refractivity contribution is -0.131. The number of hydrogen-bond acceptors (Lipinski definition) is 8. The average Bonchev–Trinajstić information content (AvgIpc) is 3.87. The minimum Gasteiger partial charge on any atom is -0.491 e. The van der Waals surface area contributed by atoms with E-state index in [1.165, 1.54) is 9.80 Å². The van der Waals surface area contributed by atoms with Crippen LogP contribution in [0.25, 0.3) is 26.7 Å². The van der Waals surface area contributed by atoms with Gasteiger partial charge in [0.1, 0.15) is 23.9 Å². The Hall–Kier alpha value is -5.36. The molecule has 12 heteroatoms. The van der Waals surface area contributed by atoms with Gasteiger partial charge >= 0.3 is 0 Å². The van der Waals surface area contributed by atoms with Crippen molar-refractivity contribution in [1.82, 2.24) is 9.78 Å². The monoisotopic (exact) mass is 786 g/mol. The van der Waals surface area contributed by atoms with Gasteiger partial charge in [0, 0.05) is 34.3 Å². The van der Waals surface area contributed by atoms with Gasteiger partial charge in [-0.25, -0.2) is 4.90 Å². The van der Waals surface area contributed by atoms with Crippen molar-refractivity contribution in [3.05, 3.63) is 113 Å². The number of thiophene rings is 1. The molecule has 2 aromatic heterocycles. The number of aliphatic hydroxyl groups is 1. The lowest BCUT2D eigenvalue weighted by atomic mass is 9.51. The standard InChI is InChI=1S/C44H39ClN4O6S/c1-5-24-10-13-26(14-11-24)48-40(51)29-16-15-27-31(37(29)42(48)53)21-32-41(52)49(43(54)44(32,3)38(27)28-8-6-7-9-34(28)55-19-18-50)36-22-33(46-47(36)4)39-23(2)30-20-25(45)12-17-35(30)56-39/h5-15,17,20,22,29,31-32,37-38,50H,1,16,18-19,21H2,2-4H3. The zero-order valence-corrected chi connectivity index (χ0v) is 32.6. The van der Waals surface area contributed by atoms with Crippen molar-refractivity contribution >= 4 is 74.2 Å². The summed E-state index contributed by atoms with van der Waals surface area (Å²) >= 11 is 7.90. The van der Waals surface area contributed by atoms with Gasteiger partial charge in [0.05, 0.1) is 40.3 Å². The molecule has 10 nitrogen and oxygen atoms in total. The van der Waals surface area contributed by atoms with Crippen molar-refractivity contribution in [2.24, 2.45) is 36.1 Å². The number of carbonyl (C=O) groups is 4. The summed E-state index contributed by atoms with van der Waals surface area (Å²) in [5.41, 5.74) is 3.24. The van der Waals surface area contributed by atoms with E-state index in [0.717, 1.165) is 31.7 Å². The summed E-state index contributed by atoms with van der Waals surface area (Å²) in [6.07, 6.45) is 4.25. The largest absolute Gasteiger partial charge is 0.491 e. The van der Waals surface area contributed by atoms with E-state index in [-0.39, 0.29) is 43.3 Å². The van der Waals surface area contributed by atoms with Crippen LogP contribution in [0, 0.1) is 36.0 Å². The van der Waals surface area contributed by atoms with E-state index in [4.69, 9.17) is 21.4 Å². The molecule has 2 saturated heterocycles. The summed E-state index contributed by atoms with van der Waals surface area (Å²) < 4.78 is 8.70. The van der Waals surface area contributed by atoms with Gasteiger partial charge < -0.3 is 9.84 Å². The first-order valence-electron chi connectivity index (χ1n) is 18.7. The third-order valence-electron chi connectivity index (χ3n) is 12.5. The summed E-state index contributed by atoms with van der Waals surface area (Å²) in [4.78, 5) is 62.3. The summed E-state index contributed by atoms with van der Waals surface area (Å²) in [6.45, 7) is 7.49. The van der Waals surface area contributed by atoms with Gasteiger partial charge in [-0.15, -0.1) is 11.3 Å². The predicted octanol–water partition coefficient (Wildman–Crippen LogP) is 7.71. The van der Waals surface area contributed by atoms with Crippen LogP contribution in [0.4, 0.5) is 11.5 Å². The molecule has 4 heterocycles. The molecule has 6 atom stereocenters. The van der Waals surface area contributed by atoms with Crippen LogP contribution in [0.2, 0.25) is 5.02 Å². The number of imide groups is 2. The molecule has 0 radical (unpaired) electrons. The number of carbonyl (C=O) groups excluding carboxylic acids is 4. The van der Waals surface area contributed by atoms with Crippen LogP contribution in [0.15, 0.2) is 91.0 Å². The number of aryl methyl sites for hydroxylation is 2. The maximum atomic E-state index is 15.2. The third-order valence-corrected chi connectivity index (χ3v) is 14.0. The number of fused-ring (bicyclic) bond motifs is 5. The van der Waals surface area contributed by atoms with E-state index in [0.29, 0.717) is 40.0 Å². The van der Waals surface area contributed by atoms with Crippen LogP contribution in [0.3, 0.4) is 0 Å². The number of aliphatic hydroxyl groups excluding tert-OH is 1. The molecule has 56 heavy (non-hydrogen) atoms. The average molecular weight is 787 g/mol. The molecule has 4 aliphatic rings. The van der Waals surface area contributed by atoms with E-state index in [1.54, 1.807) is 53.4 Å². The van der Waals surface area contributed by atoms with Crippen LogP contribution < -0.4 is 14.5 Å². The van der Waals surface area contributed by atoms with Gasteiger partial charge in [0.15, 0.2) is 0 Å². The highest BCUT2D eigenvalue weighted by atomic mass is 35.5. The smallest absolute Gasteiger partial charge is 0.242 e. The number of anilines is 2. The molecular formula is C44H39ClN4O6S. The molecule has 3 aromatic carbocycles. The van der Waals surface area contributed by atoms with Gasteiger partial charge in [-0.3, -0.25) is 28.8 Å². The quantitative estimate of drug-likeness (QED) is 0.126. The van der Waals surface area contributed by atoms with E-state index >= 15 is 4.79 Å². The fourth-order valence-corrected chi connectivity index (χ4v) is 11.1. The number of hydrogen-bond donors (Lipinski definition) is 1. The molecule has 3 fully saturated rings. The number of rotatable bonds is 8. The number of aromatic nitrogens is 2. The van der Waals surface area contributed by atoms with Gasteiger partial charge in [-0.2, -0.15) is 5.10 Å². The fraction of sp³-hybridized carbons (Fsp3) is 0.295. The van der Waals surface area contributed by atoms with Gasteiger partial charge in [-0.1, -0.05) is 66.2 Å². The highest BCUT2D eigenvalue weighted by molar-refractivity contribution is 7.22. The van der Waals surface area contributed by atoms with E-state index in [1.807, 2.05) is 68.5 Å². The van der Waals surface area contributed by atoms with Crippen molar-refractivity contribution in [3.63, 3.8) is 0 Å². The number of para-hydroxylation sites is 1. The molecule has 2 aliphatic heterocycles. The lowest BCUT2D eigenvalue weighted by Crippen LogP contribution is -2.49. The normalized spacial score (nSPS) is 25.7. The van der Waals surface area contributed by atoms with Gasteiger partial charge in [0.2, 0.25) is 23.6 Å². The SMILES string of the molecule is C=Cc1ccc(N2C(=O)C3CC=C4C(CC5C(=O)N(c6cc(-c7sc8ccc(Cl)cc8c7C)nn6C)C(=O)C5(C)C4c4ccccc4OCCO)C3C2=O)cc1. The topological polar surface area (TPSA) is 122 Å². The number of benzene rings is 3. The zero-order chi connectivity index (χ0) is 39.2. The van der Waals surface area contributed by atoms with Crippen molar-refractivity contribution in [3.8, 4) is 16.3 Å². The molecule has 5 aromatic rings. The molecule has 284 valence electrons. The Labute approximate surface area is 332 Å². The maximum absolute atomic E-state index is 15.2. The Kier molecular flexibility index (Phi) is 8.68. The molecule has 0 spiro atoms. The van der Waals surface area contributed by atoms with Crippen LogP contribution in [-0.2, 0) is 26.2 Å². The molecule has 1 N–H and O–H groups in total. The lowest BCUT2D eigenvalue weighted by Gasteiger charge is -2.49. The first-order valence-corrected chi connectivity index (χ1v) is 19.9. The van der Waals surface area contributed by atoms with Gasteiger partial charge in [0.25, 0.3) is 0 Å². The molecule has 6 unspecified atom stereocenters. The van der Waals surface area contributed by atoms with Gasteiger partial charge in [-0.05, 0) is 85.5 Å². The van der Waals surface area contributed by atoms with Crippen LogP contribution in [0.1, 0.15) is 42.4 Å². The number of ether oxygens (including phenoxy) is 1. The fourth-order valence-electron chi connectivity index (χ4n) is 9.81. The number of amides is 4. The Morgan fingerprint density at radius 2 is 1.77 bits per heavy atom. The van der Waals surface area contributed by atoms with E-state index in [2.05, 4.69) is 6.58 Å². The minimum absolute atomic E-state index is 0.0315. The first kappa shape index (κ1) is 36.3. The first-order chi connectivity index (χ1) is 27.0. The van der Waals surface area contributed by atoms with E-state index in [9.17, 15) is 19.5 Å². The highest BCUT2D eigenvalue weighted by Gasteiger charge is 2.68. The van der Waals surface area contributed by atoms with Crippen molar-refractivity contribution in [2.75, 3.05) is 23.0 Å². The predicted molar refractivity (Wildman–Crippen MR) is 216 cm³/mol. The second-order valence-corrected chi connectivity index (χ2v) is 16.8. The van der Waals surface area contributed by atoms with Crippen molar-refractivity contribution < 1.29 is 29.0 Å². The molecule has 2 aliphatic carbocycles. The highest BCUT2D eigenvalue weighted by Crippen LogP contribution is 2.64. The molecule has 1 saturated carbocycles. The molecule has 4 amide bonds. The summed E-state index contributed by atoms with van der Waals surface area (Å²) in [5.74, 6) is -3.82. The van der Waals surface area contributed by atoms with E-state index < -0.39 is 35.0 Å². The number of allylic oxidation sites excluding steroid dienone is 2.